The number of aryl methyl sites for hydroxylation is 1. The summed E-state index contributed by atoms with van der Waals surface area (Å²) in [6, 6.07) is 13.1. The van der Waals surface area contributed by atoms with Gasteiger partial charge in [0, 0.05) is 38.0 Å². The number of morpholine rings is 1. The van der Waals surface area contributed by atoms with Gasteiger partial charge in [-0.15, -0.1) is 0 Å². The van der Waals surface area contributed by atoms with Crippen molar-refractivity contribution < 1.29 is 14.3 Å². The highest BCUT2D eigenvalue weighted by Gasteiger charge is 2.30. The minimum absolute atomic E-state index is 0.188. The summed E-state index contributed by atoms with van der Waals surface area (Å²) in [5.41, 5.74) is 3.17. The quantitative estimate of drug-likeness (QED) is 0.450. The third-order valence-electron chi connectivity index (χ3n) is 6.68. The van der Waals surface area contributed by atoms with Gasteiger partial charge in [0.2, 0.25) is 11.8 Å². The fourth-order valence-corrected chi connectivity index (χ4v) is 4.77. The normalized spacial score (nSPS) is 18.5. The van der Waals surface area contributed by atoms with E-state index in [0.717, 1.165) is 38.4 Å². The molecular weight excluding hydrogens is 456 g/mol. The molecule has 0 aliphatic carbocycles. The van der Waals surface area contributed by atoms with Crippen LogP contribution < -0.4 is 10.9 Å². The van der Waals surface area contributed by atoms with Gasteiger partial charge in [0.05, 0.1) is 24.1 Å². The van der Waals surface area contributed by atoms with Crippen LogP contribution in [0.4, 0.5) is 0 Å². The first kappa shape index (κ1) is 23.9. The van der Waals surface area contributed by atoms with Crippen molar-refractivity contribution in [1.29, 1.82) is 0 Å². The first-order chi connectivity index (χ1) is 17.5. The molecule has 0 saturated carbocycles. The summed E-state index contributed by atoms with van der Waals surface area (Å²) in [6.07, 6.45) is 1.01. The highest BCUT2D eigenvalue weighted by atomic mass is 16.5. The Labute approximate surface area is 209 Å². The number of hydrogen-bond acceptors (Lipinski definition) is 6. The van der Waals surface area contributed by atoms with Crippen LogP contribution in [-0.4, -0.2) is 52.6 Å². The van der Waals surface area contributed by atoms with Crippen LogP contribution in [0, 0.1) is 18.8 Å². The first-order valence-electron chi connectivity index (χ1n) is 12.2. The summed E-state index contributed by atoms with van der Waals surface area (Å²) >= 11 is 0. The van der Waals surface area contributed by atoms with Gasteiger partial charge >= 0.3 is 0 Å². The maximum absolute atomic E-state index is 13.5. The van der Waals surface area contributed by atoms with E-state index < -0.39 is 11.9 Å². The largest absolute Gasteiger partial charge is 0.379 e. The van der Waals surface area contributed by atoms with Crippen molar-refractivity contribution in [1.82, 2.24) is 19.8 Å². The minimum Gasteiger partial charge on any atom is -0.379 e. The van der Waals surface area contributed by atoms with Gasteiger partial charge in [0.1, 0.15) is 11.9 Å². The number of hydrogen-bond donors (Lipinski definition) is 1. The number of amides is 2. The number of carbonyl (C=O) groups is 2. The molecule has 2 aliphatic rings. The molecule has 1 N–H and O–H groups in total. The number of benzene rings is 2. The molecule has 0 radical (unpaired) electrons. The van der Waals surface area contributed by atoms with E-state index in [4.69, 9.17) is 4.74 Å². The molecule has 5 rings (SSSR count). The SMILES string of the molecule is Cc1nc2cccc(C#CCc3ccc(CN4CCOCC4)cc3)c2c(=O)n1C1CCC(=O)NC1=O. The van der Waals surface area contributed by atoms with Gasteiger partial charge in [0.25, 0.3) is 5.56 Å². The standard InChI is InChI=1S/C28H28N4O4/c1-19-29-23-7-3-6-22(26(23)28(35)32(19)24-12-13-25(33)30-27(24)34)5-2-4-20-8-10-21(11-9-20)18-31-14-16-36-17-15-31/h3,6-11,24H,4,12-18H2,1H3,(H,30,33,34). The predicted molar refractivity (Wildman–Crippen MR) is 135 cm³/mol. The van der Waals surface area contributed by atoms with Crippen LogP contribution in [0.1, 0.15) is 41.4 Å². The summed E-state index contributed by atoms with van der Waals surface area (Å²) in [4.78, 5) is 44.5. The topological polar surface area (TPSA) is 93.5 Å². The van der Waals surface area contributed by atoms with Gasteiger partial charge in [-0.3, -0.25) is 29.2 Å². The lowest BCUT2D eigenvalue weighted by Crippen LogP contribution is -2.45. The number of carbonyl (C=O) groups excluding carboxylic acids is 2. The molecule has 3 aromatic rings. The molecule has 2 aliphatic heterocycles. The third-order valence-corrected chi connectivity index (χ3v) is 6.68. The number of nitrogens with one attached hydrogen (secondary N) is 1. The van der Waals surface area contributed by atoms with Crippen LogP contribution in [0.5, 0.6) is 0 Å². The Morgan fingerprint density at radius 1 is 1.06 bits per heavy atom. The molecule has 1 unspecified atom stereocenters. The number of ether oxygens (including phenoxy) is 1. The monoisotopic (exact) mass is 484 g/mol. The van der Waals surface area contributed by atoms with Gasteiger partial charge < -0.3 is 4.74 Å². The lowest BCUT2D eigenvalue weighted by atomic mass is 10.0. The average Bonchev–Trinajstić information content (AvgIpc) is 2.87. The summed E-state index contributed by atoms with van der Waals surface area (Å²) in [7, 11) is 0. The van der Waals surface area contributed by atoms with Crippen LogP contribution in [-0.2, 0) is 27.3 Å². The van der Waals surface area contributed by atoms with Crippen LogP contribution in [0.15, 0.2) is 47.3 Å². The molecule has 3 heterocycles. The van der Waals surface area contributed by atoms with E-state index >= 15 is 0 Å². The van der Waals surface area contributed by atoms with Crippen LogP contribution in [0.2, 0.25) is 0 Å². The van der Waals surface area contributed by atoms with Crippen LogP contribution in [0.25, 0.3) is 10.9 Å². The zero-order chi connectivity index (χ0) is 25.1. The van der Waals surface area contributed by atoms with Crippen LogP contribution in [0.3, 0.4) is 0 Å². The minimum atomic E-state index is -0.760. The van der Waals surface area contributed by atoms with E-state index in [0.29, 0.717) is 28.7 Å². The smallest absolute Gasteiger partial charge is 0.263 e. The Morgan fingerprint density at radius 2 is 1.81 bits per heavy atom. The summed E-state index contributed by atoms with van der Waals surface area (Å²) < 4.78 is 6.80. The highest BCUT2D eigenvalue weighted by molar-refractivity contribution is 5.99. The second-order valence-electron chi connectivity index (χ2n) is 9.18. The van der Waals surface area contributed by atoms with Gasteiger partial charge in [0.15, 0.2) is 0 Å². The number of rotatable bonds is 4. The molecular formula is C28H28N4O4. The van der Waals surface area contributed by atoms with E-state index in [9.17, 15) is 14.4 Å². The zero-order valence-electron chi connectivity index (χ0n) is 20.3. The third kappa shape index (κ3) is 5.08. The van der Waals surface area contributed by atoms with Gasteiger partial charge in [-0.05, 0) is 36.6 Å². The molecule has 2 aromatic carbocycles. The van der Waals surface area contributed by atoms with E-state index in [1.54, 1.807) is 19.1 Å². The van der Waals surface area contributed by atoms with E-state index in [1.165, 1.54) is 10.1 Å². The van der Waals surface area contributed by atoms with Crippen molar-refractivity contribution in [2.24, 2.45) is 0 Å². The predicted octanol–water partition coefficient (Wildman–Crippen LogP) is 2.11. The fraction of sp³-hybridized carbons (Fsp3) is 0.357. The average molecular weight is 485 g/mol. The molecule has 8 nitrogen and oxygen atoms in total. The van der Waals surface area contributed by atoms with Gasteiger partial charge in [-0.2, -0.15) is 0 Å². The first-order valence-corrected chi connectivity index (χ1v) is 12.2. The Hall–Kier alpha value is -3.80. The molecule has 0 bridgehead atoms. The molecule has 0 spiro atoms. The van der Waals surface area contributed by atoms with Crippen molar-refractivity contribution in [3.05, 3.63) is 75.3 Å². The van der Waals surface area contributed by atoms with E-state index in [-0.39, 0.29) is 24.3 Å². The Morgan fingerprint density at radius 3 is 2.56 bits per heavy atom. The zero-order valence-corrected chi connectivity index (χ0v) is 20.3. The maximum atomic E-state index is 13.5. The lowest BCUT2D eigenvalue weighted by molar-refractivity contribution is -0.135. The maximum Gasteiger partial charge on any atom is 0.263 e. The number of fused-ring (bicyclic) bond motifs is 1. The lowest BCUT2D eigenvalue weighted by Gasteiger charge is -2.26. The van der Waals surface area contributed by atoms with E-state index in [1.807, 2.05) is 6.07 Å². The summed E-state index contributed by atoms with van der Waals surface area (Å²) in [5, 5.41) is 2.71. The Kier molecular flexibility index (Phi) is 6.94. The fourth-order valence-electron chi connectivity index (χ4n) is 4.77. The summed E-state index contributed by atoms with van der Waals surface area (Å²) in [5.74, 6) is 5.97. The van der Waals surface area contributed by atoms with Crippen molar-refractivity contribution in [2.75, 3.05) is 26.3 Å². The molecule has 1 atom stereocenters. The van der Waals surface area contributed by atoms with Crippen molar-refractivity contribution in [3.63, 3.8) is 0 Å². The molecule has 8 heteroatoms. The van der Waals surface area contributed by atoms with Crippen molar-refractivity contribution >= 4 is 22.7 Å². The van der Waals surface area contributed by atoms with E-state index in [2.05, 4.69) is 51.3 Å². The number of imide groups is 1. The molecule has 2 amide bonds. The molecule has 184 valence electrons. The highest BCUT2D eigenvalue weighted by Crippen LogP contribution is 2.21. The van der Waals surface area contributed by atoms with Crippen molar-refractivity contribution in [2.45, 2.75) is 38.8 Å². The molecule has 2 saturated heterocycles. The van der Waals surface area contributed by atoms with Gasteiger partial charge in [-0.25, -0.2) is 4.98 Å². The number of aromatic nitrogens is 2. The molecule has 2 fully saturated rings. The summed E-state index contributed by atoms with van der Waals surface area (Å²) in [6.45, 7) is 6.10. The second kappa shape index (κ2) is 10.4. The Balaban J connectivity index is 1.37. The molecule has 1 aromatic heterocycles. The Bertz CT molecular complexity index is 1430. The number of piperidine rings is 1. The second-order valence-corrected chi connectivity index (χ2v) is 9.18. The van der Waals surface area contributed by atoms with Crippen molar-refractivity contribution in [3.8, 4) is 11.8 Å². The van der Waals surface area contributed by atoms with Gasteiger partial charge in [-0.1, -0.05) is 42.2 Å². The van der Waals surface area contributed by atoms with Crippen LogP contribution >= 0.6 is 0 Å². The number of nitrogens with zero attached hydrogens (tertiary/aromatic N) is 3. The molecule has 36 heavy (non-hydrogen) atoms.